The Kier molecular flexibility index (Phi) is 3.81. The molecule has 1 N–H and O–H groups in total. The summed E-state index contributed by atoms with van der Waals surface area (Å²) in [6.07, 6.45) is 3.13. The van der Waals surface area contributed by atoms with Crippen LogP contribution in [0, 0.1) is 0 Å². The van der Waals surface area contributed by atoms with Crippen molar-refractivity contribution in [3.63, 3.8) is 0 Å². The molecule has 4 nitrogen and oxygen atoms in total. The molecule has 1 aliphatic heterocycles. The Balaban J connectivity index is 1.65. The molecule has 0 bridgehead atoms. The third-order valence-electron chi connectivity index (χ3n) is 4.62. The topological polar surface area (TPSA) is 51.2 Å². The van der Waals surface area contributed by atoms with Crippen LogP contribution in [0.1, 0.15) is 23.6 Å². The Morgan fingerprint density at radius 1 is 1.38 bits per heavy atom. The monoisotopic (exact) mass is 356 g/mol. The lowest BCUT2D eigenvalue weighted by Crippen LogP contribution is -2.35. The number of anilines is 1. The van der Waals surface area contributed by atoms with Gasteiger partial charge in [0.25, 0.3) is 0 Å². The van der Waals surface area contributed by atoms with Gasteiger partial charge in [0.05, 0.1) is 12.0 Å². The number of hydrogen-bond donors (Lipinski definition) is 1. The zero-order valence-corrected chi connectivity index (χ0v) is 14.8. The van der Waals surface area contributed by atoms with Crippen LogP contribution in [-0.2, 0) is 27.8 Å². The number of nitrogens with zero attached hydrogens (tertiary/aromatic N) is 1. The van der Waals surface area contributed by atoms with Gasteiger partial charge in [-0.25, -0.2) is 4.98 Å². The number of thioether (sulfide) groups is 1. The van der Waals surface area contributed by atoms with Gasteiger partial charge in [0.1, 0.15) is 5.82 Å². The second-order valence-corrected chi connectivity index (χ2v) is 7.68. The summed E-state index contributed by atoms with van der Waals surface area (Å²) in [6.45, 7) is 2.49. The summed E-state index contributed by atoms with van der Waals surface area (Å²) < 4.78 is 5.87. The average Bonchev–Trinajstić information content (AvgIpc) is 3.07. The van der Waals surface area contributed by atoms with Crippen LogP contribution in [0.3, 0.4) is 0 Å². The van der Waals surface area contributed by atoms with Gasteiger partial charge in [0.2, 0.25) is 10.3 Å². The first-order valence-corrected chi connectivity index (χ1v) is 9.08. The quantitative estimate of drug-likeness (QED) is 0.659. The molecule has 0 saturated heterocycles. The number of fused-ring (bicyclic) bond motifs is 3. The predicted octanol–water partition coefficient (Wildman–Crippen LogP) is 3.48. The predicted molar refractivity (Wildman–Crippen MR) is 98.5 cm³/mol. The van der Waals surface area contributed by atoms with Crippen molar-refractivity contribution in [2.24, 2.45) is 0 Å². The smallest absolute Gasteiger partial charge is 0.237 e. The molecule has 1 aromatic carbocycles. The minimum atomic E-state index is -0.518. The van der Waals surface area contributed by atoms with Gasteiger partial charge >= 0.3 is 0 Å². The number of benzene rings is 1. The molecule has 122 valence electrons. The molecule has 0 unspecified atom stereocenters. The fourth-order valence-electron chi connectivity index (χ4n) is 3.55. The van der Waals surface area contributed by atoms with Gasteiger partial charge in [-0.05, 0) is 73.1 Å². The number of ether oxygens (including phenoxy) is 1. The van der Waals surface area contributed by atoms with Crippen molar-refractivity contribution in [2.75, 3.05) is 11.9 Å². The first kappa shape index (κ1) is 15.6. The van der Waals surface area contributed by atoms with Crippen LogP contribution >= 0.6 is 24.0 Å². The average molecular weight is 356 g/mol. The van der Waals surface area contributed by atoms with E-state index in [1.165, 1.54) is 22.9 Å². The van der Waals surface area contributed by atoms with Crippen molar-refractivity contribution in [1.82, 2.24) is 4.98 Å². The van der Waals surface area contributed by atoms with Crippen molar-refractivity contribution in [3.05, 3.63) is 53.2 Å². The summed E-state index contributed by atoms with van der Waals surface area (Å²) in [5, 5.41) is 2.93. The molecule has 24 heavy (non-hydrogen) atoms. The number of amides is 1. The summed E-state index contributed by atoms with van der Waals surface area (Å²) >= 11 is 6.65. The van der Waals surface area contributed by atoms with Gasteiger partial charge in [-0.15, -0.1) is 0 Å². The lowest BCUT2D eigenvalue weighted by Gasteiger charge is -2.20. The minimum absolute atomic E-state index is 0.0476. The Bertz CT molecular complexity index is 853. The third-order valence-corrected chi connectivity index (χ3v) is 5.76. The van der Waals surface area contributed by atoms with E-state index in [2.05, 4.69) is 22.4 Å². The Labute approximate surface area is 150 Å². The molecule has 6 heteroatoms. The molecule has 0 radical (unpaired) electrons. The van der Waals surface area contributed by atoms with Gasteiger partial charge in [0.15, 0.2) is 0 Å². The molecule has 1 aromatic heterocycles. The third kappa shape index (κ3) is 2.41. The molecule has 2 heterocycles. The van der Waals surface area contributed by atoms with Crippen molar-refractivity contribution in [2.45, 2.75) is 30.1 Å². The fourth-order valence-corrected chi connectivity index (χ4v) is 4.66. The first-order chi connectivity index (χ1) is 11.6. The normalized spacial score (nSPS) is 20.6. The summed E-state index contributed by atoms with van der Waals surface area (Å²) in [7, 11) is 0. The summed E-state index contributed by atoms with van der Waals surface area (Å²) in [4.78, 5) is 18.0. The van der Waals surface area contributed by atoms with Crippen LogP contribution in [0.2, 0.25) is 0 Å². The van der Waals surface area contributed by atoms with E-state index in [0.29, 0.717) is 29.6 Å². The maximum Gasteiger partial charge on any atom is 0.237 e. The van der Waals surface area contributed by atoms with Crippen molar-refractivity contribution in [1.29, 1.82) is 0 Å². The zero-order valence-electron chi connectivity index (χ0n) is 13.2. The molecule has 1 amide bonds. The number of rotatable bonds is 2. The number of carbonyl (C=O) groups is 1. The van der Waals surface area contributed by atoms with Crippen LogP contribution in [-0.4, -0.2) is 21.9 Å². The Morgan fingerprint density at radius 3 is 3.04 bits per heavy atom. The zero-order chi connectivity index (χ0) is 16.7. The molecule has 4 rings (SSSR count). The van der Waals surface area contributed by atoms with E-state index in [9.17, 15) is 4.79 Å². The highest BCUT2D eigenvalue weighted by Gasteiger charge is 2.50. The minimum Gasteiger partial charge on any atom is -0.479 e. The molecule has 1 aliphatic carbocycles. The first-order valence-electron chi connectivity index (χ1n) is 7.86. The molecule has 2 aliphatic rings. The number of aromatic nitrogens is 1. The Morgan fingerprint density at radius 2 is 2.21 bits per heavy atom. The molecular weight excluding hydrogens is 340 g/mol. The summed E-state index contributed by atoms with van der Waals surface area (Å²) in [5.74, 6) is 0.744. The standard InChI is InChI=1S/C18H16N2O2S2/c1-2-22-17(23)24-13-6-5-11-9-18(10-12(11)8-13)14-4-3-7-19-15(14)20-16(18)21/h3-8H,2,9-10H2,1H3,(H,19,20,21)/t18-/m1/s1. The van der Waals surface area contributed by atoms with Gasteiger partial charge in [0, 0.05) is 16.7 Å². The van der Waals surface area contributed by atoms with Crippen LogP contribution in [0.4, 0.5) is 5.82 Å². The molecule has 0 saturated carbocycles. The molecular formula is C18H16N2O2S2. The highest BCUT2D eigenvalue weighted by atomic mass is 32.2. The van der Waals surface area contributed by atoms with E-state index < -0.39 is 5.41 Å². The van der Waals surface area contributed by atoms with E-state index in [4.69, 9.17) is 17.0 Å². The van der Waals surface area contributed by atoms with Crippen molar-refractivity contribution in [3.8, 4) is 0 Å². The maximum atomic E-state index is 12.7. The van der Waals surface area contributed by atoms with Crippen molar-refractivity contribution >= 4 is 40.1 Å². The molecule has 2 aromatic rings. The summed E-state index contributed by atoms with van der Waals surface area (Å²) in [6, 6.07) is 10.2. The van der Waals surface area contributed by atoms with Gasteiger partial charge in [-0.1, -0.05) is 12.1 Å². The number of pyridine rings is 1. The van der Waals surface area contributed by atoms with Gasteiger partial charge in [-0.2, -0.15) is 0 Å². The van der Waals surface area contributed by atoms with E-state index >= 15 is 0 Å². The SMILES string of the molecule is CCOC(=S)Sc1ccc2c(c1)C[C@@]1(C2)C(=O)Nc2ncccc21. The van der Waals surface area contributed by atoms with Gasteiger partial charge in [-0.3, -0.25) is 4.79 Å². The largest absolute Gasteiger partial charge is 0.479 e. The second kappa shape index (κ2) is 5.86. The van der Waals surface area contributed by atoms with Gasteiger partial charge < -0.3 is 10.1 Å². The fraction of sp³-hybridized carbons (Fsp3) is 0.278. The lowest BCUT2D eigenvalue weighted by atomic mass is 9.79. The van der Waals surface area contributed by atoms with Crippen LogP contribution < -0.4 is 5.32 Å². The number of nitrogens with one attached hydrogen (secondary N) is 1. The van der Waals surface area contributed by atoms with Crippen LogP contribution in [0.5, 0.6) is 0 Å². The van der Waals surface area contributed by atoms with Crippen LogP contribution in [0.15, 0.2) is 41.4 Å². The van der Waals surface area contributed by atoms with E-state index in [0.717, 1.165) is 10.5 Å². The number of hydrogen-bond acceptors (Lipinski definition) is 5. The highest BCUT2D eigenvalue weighted by Crippen LogP contribution is 2.47. The molecule has 0 fully saturated rings. The van der Waals surface area contributed by atoms with Crippen molar-refractivity contribution < 1.29 is 9.53 Å². The lowest BCUT2D eigenvalue weighted by molar-refractivity contribution is -0.120. The van der Waals surface area contributed by atoms with E-state index in [1.54, 1.807) is 6.20 Å². The highest BCUT2D eigenvalue weighted by molar-refractivity contribution is 8.22. The molecule has 1 spiro atoms. The van der Waals surface area contributed by atoms with Crippen LogP contribution in [0.25, 0.3) is 0 Å². The number of thiocarbonyl (C=S) groups is 1. The Hall–Kier alpha value is -1.92. The summed E-state index contributed by atoms with van der Waals surface area (Å²) in [5.41, 5.74) is 2.90. The van der Waals surface area contributed by atoms with E-state index in [1.807, 2.05) is 25.1 Å². The maximum absolute atomic E-state index is 12.7. The number of carbonyl (C=O) groups excluding carboxylic acids is 1. The second-order valence-electron chi connectivity index (χ2n) is 6.00. The van der Waals surface area contributed by atoms with E-state index in [-0.39, 0.29) is 5.91 Å². The molecule has 1 atom stereocenters.